The van der Waals surface area contributed by atoms with E-state index in [9.17, 15) is 13.5 Å². The maximum absolute atomic E-state index is 11.6. The second-order valence-corrected chi connectivity index (χ2v) is 4.97. The molecular formula is C9H11NO3S. The zero-order chi connectivity index (χ0) is 10.4. The second kappa shape index (κ2) is 2.79. The predicted molar refractivity (Wildman–Crippen MR) is 51.0 cm³/mol. The van der Waals surface area contributed by atoms with Crippen molar-refractivity contribution in [2.24, 2.45) is 0 Å². The van der Waals surface area contributed by atoms with Crippen molar-refractivity contribution in [3.63, 3.8) is 0 Å². The normalized spacial score (nSPS) is 28.7. The van der Waals surface area contributed by atoms with Gasteiger partial charge in [0, 0.05) is 5.56 Å². The molecule has 2 rings (SSSR count). The average Bonchev–Trinajstić information content (AvgIpc) is 2.37. The summed E-state index contributed by atoms with van der Waals surface area (Å²) in [5.74, 6) is 0. The van der Waals surface area contributed by atoms with Gasteiger partial charge in [0.25, 0.3) is 0 Å². The number of aliphatic hydroxyl groups is 1. The van der Waals surface area contributed by atoms with Crippen LogP contribution in [0.4, 0.5) is 0 Å². The SMILES string of the molecule is CCC1(O)NS(=O)(=O)c2ccccc21. The van der Waals surface area contributed by atoms with Crippen molar-refractivity contribution in [1.82, 2.24) is 4.72 Å². The first-order valence-electron chi connectivity index (χ1n) is 4.35. The Kier molecular flexibility index (Phi) is 1.92. The Balaban J connectivity index is 2.73. The lowest BCUT2D eigenvalue weighted by atomic mass is 10.0. The second-order valence-electron chi connectivity index (χ2n) is 3.32. The molecule has 1 aliphatic rings. The third-order valence-electron chi connectivity index (χ3n) is 2.44. The highest BCUT2D eigenvalue weighted by Crippen LogP contribution is 2.35. The van der Waals surface area contributed by atoms with Gasteiger partial charge in [-0.2, -0.15) is 4.72 Å². The zero-order valence-corrected chi connectivity index (χ0v) is 8.50. The van der Waals surface area contributed by atoms with Gasteiger partial charge in [0.15, 0.2) is 5.72 Å². The molecule has 0 aliphatic carbocycles. The van der Waals surface area contributed by atoms with Gasteiger partial charge in [0.2, 0.25) is 10.0 Å². The molecule has 0 spiro atoms. The van der Waals surface area contributed by atoms with E-state index in [1.165, 1.54) is 6.07 Å². The summed E-state index contributed by atoms with van der Waals surface area (Å²) >= 11 is 0. The maximum atomic E-state index is 11.6. The molecule has 1 aliphatic heterocycles. The Morgan fingerprint density at radius 1 is 1.43 bits per heavy atom. The molecule has 0 bridgehead atoms. The van der Waals surface area contributed by atoms with Crippen molar-refractivity contribution in [2.45, 2.75) is 24.0 Å². The quantitative estimate of drug-likeness (QED) is 0.715. The summed E-state index contributed by atoms with van der Waals surface area (Å²) in [6.07, 6.45) is 0.309. The standard InChI is InChI=1S/C9H11NO3S/c1-2-9(11)7-5-3-4-6-8(7)14(12,13)10-9/h3-6,10-11H,2H2,1H3. The van der Waals surface area contributed by atoms with E-state index in [2.05, 4.69) is 4.72 Å². The average molecular weight is 213 g/mol. The van der Waals surface area contributed by atoms with Crippen LogP contribution in [0.3, 0.4) is 0 Å². The smallest absolute Gasteiger partial charge is 0.243 e. The third-order valence-corrected chi connectivity index (χ3v) is 3.98. The van der Waals surface area contributed by atoms with Crippen molar-refractivity contribution >= 4 is 10.0 Å². The molecular weight excluding hydrogens is 202 g/mol. The number of rotatable bonds is 1. The molecule has 76 valence electrons. The molecule has 1 atom stereocenters. The predicted octanol–water partition coefficient (Wildman–Crippen LogP) is 0.534. The highest BCUT2D eigenvalue weighted by molar-refractivity contribution is 7.89. The summed E-state index contributed by atoms with van der Waals surface area (Å²) in [6.45, 7) is 1.73. The summed E-state index contributed by atoms with van der Waals surface area (Å²) in [5.41, 5.74) is -1.00. The molecule has 4 nitrogen and oxygen atoms in total. The van der Waals surface area contributed by atoms with Crippen molar-refractivity contribution in [3.8, 4) is 0 Å². The number of hydrogen-bond acceptors (Lipinski definition) is 3. The summed E-state index contributed by atoms with van der Waals surface area (Å²) < 4.78 is 25.4. The lowest BCUT2D eigenvalue weighted by Gasteiger charge is -2.20. The first-order chi connectivity index (χ1) is 6.49. The topological polar surface area (TPSA) is 66.4 Å². The minimum absolute atomic E-state index is 0.171. The number of hydrogen-bond donors (Lipinski definition) is 2. The van der Waals surface area contributed by atoms with E-state index in [1.54, 1.807) is 25.1 Å². The van der Waals surface area contributed by atoms with Crippen molar-refractivity contribution in [2.75, 3.05) is 0 Å². The third kappa shape index (κ3) is 1.17. The van der Waals surface area contributed by atoms with Gasteiger partial charge in [0.1, 0.15) is 0 Å². The van der Waals surface area contributed by atoms with E-state index in [1.807, 2.05) is 0 Å². The molecule has 1 heterocycles. The van der Waals surface area contributed by atoms with Crippen LogP contribution in [0.25, 0.3) is 0 Å². The van der Waals surface area contributed by atoms with E-state index < -0.39 is 15.7 Å². The highest BCUT2D eigenvalue weighted by atomic mass is 32.2. The molecule has 2 N–H and O–H groups in total. The Bertz CT molecular complexity index is 469. The largest absolute Gasteiger partial charge is 0.371 e. The fraction of sp³-hybridized carbons (Fsp3) is 0.333. The van der Waals surface area contributed by atoms with Crippen LogP contribution in [0.15, 0.2) is 29.2 Å². The van der Waals surface area contributed by atoms with Crippen LogP contribution >= 0.6 is 0 Å². The van der Waals surface area contributed by atoms with E-state index in [0.717, 1.165) is 0 Å². The minimum Gasteiger partial charge on any atom is -0.371 e. The van der Waals surface area contributed by atoms with Gasteiger partial charge >= 0.3 is 0 Å². The minimum atomic E-state index is -3.53. The number of sulfonamides is 1. The van der Waals surface area contributed by atoms with Crippen LogP contribution < -0.4 is 4.72 Å². The molecule has 1 aromatic rings. The molecule has 0 saturated heterocycles. The maximum Gasteiger partial charge on any atom is 0.243 e. The number of nitrogens with one attached hydrogen (secondary N) is 1. The van der Waals surface area contributed by atoms with E-state index in [4.69, 9.17) is 0 Å². The van der Waals surface area contributed by atoms with Gasteiger partial charge in [-0.15, -0.1) is 0 Å². The highest BCUT2D eigenvalue weighted by Gasteiger charge is 2.43. The Morgan fingerprint density at radius 3 is 2.71 bits per heavy atom. The molecule has 0 aromatic heterocycles. The molecule has 0 radical (unpaired) electrons. The van der Waals surface area contributed by atoms with E-state index >= 15 is 0 Å². The van der Waals surface area contributed by atoms with Crippen LogP contribution in [-0.2, 0) is 15.7 Å². The van der Waals surface area contributed by atoms with Gasteiger partial charge in [0.05, 0.1) is 4.90 Å². The monoisotopic (exact) mass is 213 g/mol. The zero-order valence-electron chi connectivity index (χ0n) is 7.69. The van der Waals surface area contributed by atoms with Gasteiger partial charge in [-0.25, -0.2) is 8.42 Å². The fourth-order valence-electron chi connectivity index (χ4n) is 1.64. The summed E-state index contributed by atoms with van der Waals surface area (Å²) in [5, 5.41) is 10.00. The van der Waals surface area contributed by atoms with E-state index in [0.29, 0.717) is 12.0 Å². The van der Waals surface area contributed by atoms with Gasteiger partial charge in [-0.3, -0.25) is 0 Å². The first-order valence-corrected chi connectivity index (χ1v) is 5.84. The van der Waals surface area contributed by atoms with Gasteiger partial charge in [-0.05, 0) is 12.5 Å². The summed E-state index contributed by atoms with van der Waals surface area (Å²) in [4.78, 5) is 0.171. The van der Waals surface area contributed by atoms with Crippen LogP contribution in [0.1, 0.15) is 18.9 Å². The van der Waals surface area contributed by atoms with Crippen LogP contribution in [-0.4, -0.2) is 13.5 Å². The molecule has 1 aromatic carbocycles. The van der Waals surface area contributed by atoms with Crippen molar-refractivity contribution < 1.29 is 13.5 Å². The van der Waals surface area contributed by atoms with Gasteiger partial charge < -0.3 is 5.11 Å². The molecule has 1 unspecified atom stereocenters. The molecule has 0 amide bonds. The lowest BCUT2D eigenvalue weighted by molar-refractivity contribution is 0.0240. The fourth-order valence-corrected chi connectivity index (χ4v) is 3.23. The number of fused-ring (bicyclic) bond motifs is 1. The summed E-state index contributed by atoms with van der Waals surface area (Å²) in [6, 6.07) is 6.46. The molecule has 14 heavy (non-hydrogen) atoms. The van der Waals surface area contributed by atoms with Crippen LogP contribution in [0, 0.1) is 0 Å². The molecule has 0 fully saturated rings. The van der Waals surface area contributed by atoms with Gasteiger partial charge in [-0.1, -0.05) is 25.1 Å². The van der Waals surface area contributed by atoms with E-state index in [-0.39, 0.29) is 4.90 Å². The molecule has 0 saturated carbocycles. The number of benzene rings is 1. The van der Waals surface area contributed by atoms with Crippen molar-refractivity contribution in [3.05, 3.63) is 29.8 Å². The Hall–Kier alpha value is -0.910. The van der Waals surface area contributed by atoms with Crippen molar-refractivity contribution in [1.29, 1.82) is 0 Å². The molecule has 5 heteroatoms. The Morgan fingerprint density at radius 2 is 2.07 bits per heavy atom. The van der Waals surface area contributed by atoms with Crippen LogP contribution in [0.2, 0.25) is 0 Å². The lowest BCUT2D eigenvalue weighted by Crippen LogP contribution is -2.38. The summed E-state index contributed by atoms with van der Waals surface area (Å²) in [7, 11) is -3.53. The Labute approximate surface area is 82.6 Å². The van der Waals surface area contributed by atoms with Crippen LogP contribution in [0.5, 0.6) is 0 Å². The first kappa shape index (κ1) is 9.64.